The van der Waals surface area contributed by atoms with Crippen LogP contribution in [0.4, 0.5) is 5.95 Å². The Balaban J connectivity index is 1.92. The van der Waals surface area contributed by atoms with Gasteiger partial charge in [0.05, 0.1) is 5.38 Å². The average molecular weight is 360 g/mol. The first kappa shape index (κ1) is 12.6. The highest BCUT2D eigenvalue weighted by atomic mass is 127. The first-order valence-corrected chi connectivity index (χ1v) is 6.67. The minimum Gasteiger partial charge on any atom is -0.352 e. The summed E-state index contributed by atoms with van der Waals surface area (Å²) in [6, 6.07) is 9.95. The van der Waals surface area contributed by atoms with E-state index in [0.29, 0.717) is 12.5 Å². The van der Waals surface area contributed by atoms with Crippen LogP contribution in [0.3, 0.4) is 0 Å². The lowest BCUT2D eigenvalue weighted by atomic mass is 10.1. The van der Waals surface area contributed by atoms with E-state index < -0.39 is 0 Å². The molecule has 1 aromatic carbocycles. The minimum atomic E-state index is -0.0842. The molecule has 0 fully saturated rings. The maximum atomic E-state index is 6.27. The highest BCUT2D eigenvalue weighted by Gasteiger charge is 2.07. The van der Waals surface area contributed by atoms with Gasteiger partial charge in [-0.15, -0.1) is 11.6 Å². The summed E-state index contributed by atoms with van der Waals surface area (Å²) in [4.78, 5) is 8.31. The van der Waals surface area contributed by atoms with Crippen LogP contribution in [0.25, 0.3) is 0 Å². The van der Waals surface area contributed by atoms with Gasteiger partial charge in [0.1, 0.15) is 0 Å². The van der Waals surface area contributed by atoms with Gasteiger partial charge in [-0.05, 0) is 28.2 Å². The van der Waals surface area contributed by atoms with Crippen LogP contribution < -0.4 is 5.32 Å². The van der Waals surface area contributed by atoms with E-state index in [2.05, 4.69) is 37.9 Å². The number of aromatic nitrogens is 2. The maximum absolute atomic E-state index is 6.27. The molecule has 0 spiro atoms. The number of nitrogens with zero attached hydrogens (tertiary/aromatic N) is 2. The topological polar surface area (TPSA) is 37.8 Å². The van der Waals surface area contributed by atoms with E-state index in [4.69, 9.17) is 11.6 Å². The predicted octanol–water partition coefficient (Wildman–Crippen LogP) is 3.47. The van der Waals surface area contributed by atoms with Gasteiger partial charge in [0.25, 0.3) is 0 Å². The zero-order chi connectivity index (χ0) is 12.1. The number of rotatable bonds is 4. The van der Waals surface area contributed by atoms with E-state index in [1.807, 2.05) is 30.3 Å². The van der Waals surface area contributed by atoms with E-state index in [0.717, 1.165) is 9.13 Å². The van der Waals surface area contributed by atoms with Gasteiger partial charge >= 0.3 is 0 Å². The van der Waals surface area contributed by atoms with Crippen LogP contribution in [0.15, 0.2) is 42.7 Å². The Hall–Kier alpha value is -0.880. The van der Waals surface area contributed by atoms with E-state index in [1.165, 1.54) is 0 Å². The van der Waals surface area contributed by atoms with Crippen molar-refractivity contribution in [1.29, 1.82) is 0 Å². The Labute approximate surface area is 119 Å². The molecule has 0 saturated carbocycles. The van der Waals surface area contributed by atoms with Crippen LogP contribution in [0, 0.1) is 3.57 Å². The average Bonchev–Trinajstić information content (AvgIpc) is 2.39. The summed E-state index contributed by atoms with van der Waals surface area (Å²) in [6.45, 7) is 0.603. The number of nitrogens with one attached hydrogen (secondary N) is 1. The molecule has 1 aromatic heterocycles. The molecule has 0 radical (unpaired) electrons. The monoisotopic (exact) mass is 359 g/mol. The highest BCUT2D eigenvalue weighted by molar-refractivity contribution is 14.1. The van der Waals surface area contributed by atoms with Crippen LogP contribution in [-0.2, 0) is 0 Å². The molecule has 0 aliphatic heterocycles. The summed E-state index contributed by atoms with van der Waals surface area (Å²) in [5.74, 6) is 0.604. The molecule has 0 bridgehead atoms. The third kappa shape index (κ3) is 3.81. The number of hydrogen-bond donors (Lipinski definition) is 1. The van der Waals surface area contributed by atoms with Gasteiger partial charge in [0.15, 0.2) is 0 Å². The Morgan fingerprint density at radius 2 is 1.82 bits per heavy atom. The number of alkyl halides is 1. The molecular weight excluding hydrogens is 349 g/mol. The number of anilines is 1. The zero-order valence-electron chi connectivity index (χ0n) is 8.98. The van der Waals surface area contributed by atoms with E-state index in [1.54, 1.807) is 12.4 Å². The standard InChI is InChI=1S/C12H11ClIN3/c13-11(9-4-2-1-3-5-9)8-17-12-15-6-10(14)7-16-12/h1-7,11H,8H2,(H,15,16,17). The van der Waals surface area contributed by atoms with Gasteiger partial charge in [-0.3, -0.25) is 0 Å². The summed E-state index contributed by atoms with van der Waals surface area (Å²) in [5, 5.41) is 3.03. The Kier molecular flexibility index (Phi) is 4.56. The largest absolute Gasteiger partial charge is 0.352 e. The highest BCUT2D eigenvalue weighted by Crippen LogP contribution is 2.19. The molecule has 5 heteroatoms. The smallest absolute Gasteiger partial charge is 0.222 e. The molecule has 88 valence electrons. The molecule has 0 aliphatic carbocycles. The van der Waals surface area contributed by atoms with E-state index in [9.17, 15) is 0 Å². The lowest BCUT2D eigenvalue weighted by Crippen LogP contribution is -2.10. The summed E-state index contributed by atoms with van der Waals surface area (Å²) in [5.41, 5.74) is 1.09. The van der Waals surface area contributed by atoms with Crippen LogP contribution in [-0.4, -0.2) is 16.5 Å². The lowest BCUT2D eigenvalue weighted by molar-refractivity contribution is 0.949. The molecule has 2 rings (SSSR count). The van der Waals surface area contributed by atoms with Crippen LogP contribution >= 0.6 is 34.2 Å². The minimum absolute atomic E-state index is 0.0842. The molecular formula is C12H11ClIN3. The zero-order valence-corrected chi connectivity index (χ0v) is 11.9. The summed E-state index contributed by atoms with van der Waals surface area (Å²) in [6.07, 6.45) is 3.53. The molecule has 17 heavy (non-hydrogen) atoms. The Bertz CT molecular complexity index is 461. The van der Waals surface area contributed by atoms with E-state index >= 15 is 0 Å². The van der Waals surface area contributed by atoms with Crippen LogP contribution in [0.2, 0.25) is 0 Å². The molecule has 3 nitrogen and oxygen atoms in total. The summed E-state index contributed by atoms with van der Waals surface area (Å²) >= 11 is 8.44. The second-order valence-electron chi connectivity index (χ2n) is 3.48. The van der Waals surface area contributed by atoms with Gasteiger partial charge in [-0.25, -0.2) is 9.97 Å². The molecule has 0 aliphatic rings. The summed E-state index contributed by atoms with van der Waals surface area (Å²) < 4.78 is 1.01. The van der Waals surface area contributed by atoms with Crippen molar-refractivity contribution in [1.82, 2.24) is 9.97 Å². The first-order chi connectivity index (χ1) is 8.25. The number of halogens is 2. The van der Waals surface area contributed by atoms with Crippen molar-refractivity contribution in [3.05, 3.63) is 51.9 Å². The van der Waals surface area contributed by atoms with Gasteiger partial charge < -0.3 is 5.32 Å². The van der Waals surface area contributed by atoms with Crippen molar-refractivity contribution in [2.45, 2.75) is 5.38 Å². The fourth-order valence-corrected chi connectivity index (χ4v) is 1.87. The van der Waals surface area contributed by atoms with Gasteiger partial charge in [-0.2, -0.15) is 0 Å². The predicted molar refractivity (Wildman–Crippen MR) is 78.3 cm³/mol. The fourth-order valence-electron chi connectivity index (χ4n) is 1.36. The normalized spacial score (nSPS) is 12.1. The lowest BCUT2D eigenvalue weighted by Gasteiger charge is -2.10. The van der Waals surface area contributed by atoms with Crippen molar-refractivity contribution in [3.8, 4) is 0 Å². The number of benzene rings is 1. The molecule has 1 unspecified atom stereocenters. The third-order valence-electron chi connectivity index (χ3n) is 2.22. The summed E-state index contributed by atoms with van der Waals surface area (Å²) in [7, 11) is 0. The van der Waals surface area contributed by atoms with Crippen molar-refractivity contribution < 1.29 is 0 Å². The molecule has 0 amide bonds. The second-order valence-corrected chi connectivity index (χ2v) is 5.26. The Morgan fingerprint density at radius 1 is 1.18 bits per heavy atom. The maximum Gasteiger partial charge on any atom is 0.222 e. The van der Waals surface area contributed by atoms with Crippen LogP contribution in [0.5, 0.6) is 0 Å². The molecule has 1 heterocycles. The van der Waals surface area contributed by atoms with Gasteiger partial charge in [0.2, 0.25) is 5.95 Å². The fraction of sp³-hybridized carbons (Fsp3) is 0.167. The SMILES string of the molecule is ClC(CNc1ncc(I)cn1)c1ccccc1. The first-order valence-electron chi connectivity index (χ1n) is 5.16. The molecule has 1 atom stereocenters. The molecule has 2 aromatic rings. The Morgan fingerprint density at radius 3 is 2.47 bits per heavy atom. The van der Waals surface area contributed by atoms with Crippen molar-refractivity contribution in [3.63, 3.8) is 0 Å². The quantitative estimate of drug-likeness (QED) is 0.671. The van der Waals surface area contributed by atoms with Gasteiger partial charge in [-0.1, -0.05) is 30.3 Å². The molecule has 1 N–H and O–H groups in total. The van der Waals surface area contributed by atoms with Gasteiger partial charge in [0, 0.05) is 22.5 Å². The van der Waals surface area contributed by atoms with Crippen LogP contribution in [0.1, 0.15) is 10.9 Å². The van der Waals surface area contributed by atoms with Crippen molar-refractivity contribution in [2.24, 2.45) is 0 Å². The van der Waals surface area contributed by atoms with Crippen molar-refractivity contribution in [2.75, 3.05) is 11.9 Å². The third-order valence-corrected chi connectivity index (χ3v) is 3.18. The number of hydrogen-bond acceptors (Lipinski definition) is 3. The van der Waals surface area contributed by atoms with Crippen molar-refractivity contribution >= 4 is 40.1 Å². The molecule has 0 saturated heterocycles. The van der Waals surface area contributed by atoms with E-state index in [-0.39, 0.29) is 5.38 Å². The second kappa shape index (κ2) is 6.16.